The minimum Gasteiger partial charge on any atom is -0.392 e. The van der Waals surface area contributed by atoms with Crippen molar-refractivity contribution in [3.63, 3.8) is 0 Å². The highest BCUT2D eigenvalue weighted by Crippen LogP contribution is 2.45. The Hall–Kier alpha value is -2.08. The zero-order valence-electron chi connectivity index (χ0n) is 14.4. The zero-order chi connectivity index (χ0) is 17.4. The summed E-state index contributed by atoms with van der Waals surface area (Å²) >= 11 is 0. The zero-order valence-corrected chi connectivity index (χ0v) is 14.4. The van der Waals surface area contributed by atoms with Crippen molar-refractivity contribution in [1.29, 1.82) is 0 Å². The Morgan fingerprint density at radius 2 is 2.08 bits per heavy atom. The topological polar surface area (TPSA) is 78.3 Å². The third kappa shape index (κ3) is 2.88. The Balaban J connectivity index is 1.45. The second kappa shape index (κ2) is 6.33. The molecule has 0 bridgehead atoms. The molecule has 134 valence electrons. The molecule has 25 heavy (non-hydrogen) atoms. The van der Waals surface area contributed by atoms with E-state index in [2.05, 4.69) is 4.98 Å². The summed E-state index contributed by atoms with van der Waals surface area (Å²) in [5.41, 5.74) is 1.37. The Morgan fingerprint density at radius 3 is 2.88 bits per heavy atom. The highest BCUT2D eigenvalue weighted by Gasteiger charge is 2.45. The van der Waals surface area contributed by atoms with Crippen LogP contribution >= 0.6 is 0 Å². The van der Waals surface area contributed by atoms with E-state index in [0.717, 1.165) is 49.7 Å². The van der Waals surface area contributed by atoms with Crippen LogP contribution in [0.25, 0.3) is 11.0 Å². The molecule has 6 nitrogen and oxygen atoms in total. The van der Waals surface area contributed by atoms with E-state index in [-0.39, 0.29) is 23.1 Å². The number of aryl methyl sites for hydroxylation is 1. The number of benzene rings is 1. The standard InChI is InChI=1S/C19H25N3O3/c23-16-7-3-9-19(16)10-4-11-21(13-19)17(24)8-12-22-15-6-2-1-5-14(15)20-18(22)25/h1-2,5-6,16,23H,3-4,7-13H2,(H,20,25)/t16-,19-/m1/s1. The first-order valence-electron chi connectivity index (χ1n) is 9.22. The normalized spacial score (nSPS) is 26.6. The maximum Gasteiger partial charge on any atom is 0.326 e. The molecule has 1 aliphatic carbocycles. The van der Waals surface area contributed by atoms with Crippen LogP contribution in [-0.4, -0.2) is 44.7 Å². The average molecular weight is 343 g/mol. The fraction of sp³-hybridized carbons (Fsp3) is 0.579. The van der Waals surface area contributed by atoms with Gasteiger partial charge >= 0.3 is 5.69 Å². The summed E-state index contributed by atoms with van der Waals surface area (Å²) < 4.78 is 1.64. The monoisotopic (exact) mass is 343 g/mol. The number of nitrogens with one attached hydrogen (secondary N) is 1. The first-order chi connectivity index (χ1) is 12.1. The number of hydrogen-bond acceptors (Lipinski definition) is 3. The fourth-order valence-corrected chi connectivity index (χ4v) is 4.66. The van der Waals surface area contributed by atoms with Gasteiger partial charge in [-0.1, -0.05) is 18.6 Å². The summed E-state index contributed by atoms with van der Waals surface area (Å²) in [5.74, 6) is 0.0790. The summed E-state index contributed by atoms with van der Waals surface area (Å²) in [6.07, 6.45) is 4.92. The number of aromatic nitrogens is 2. The molecule has 2 aromatic rings. The van der Waals surface area contributed by atoms with E-state index in [9.17, 15) is 14.7 Å². The molecule has 2 aliphatic rings. The molecule has 1 aliphatic heterocycles. The molecule has 2 heterocycles. The van der Waals surface area contributed by atoms with E-state index < -0.39 is 0 Å². The molecule has 0 radical (unpaired) electrons. The highest BCUT2D eigenvalue weighted by molar-refractivity contribution is 5.77. The smallest absolute Gasteiger partial charge is 0.326 e. The molecule has 1 aromatic heterocycles. The predicted molar refractivity (Wildman–Crippen MR) is 95.3 cm³/mol. The van der Waals surface area contributed by atoms with Crippen molar-refractivity contribution < 1.29 is 9.90 Å². The molecule has 0 unspecified atom stereocenters. The first kappa shape index (κ1) is 16.4. The summed E-state index contributed by atoms with van der Waals surface area (Å²) in [6, 6.07) is 7.53. The van der Waals surface area contributed by atoms with E-state index in [1.54, 1.807) is 4.57 Å². The van der Waals surface area contributed by atoms with Gasteiger partial charge < -0.3 is 15.0 Å². The van der Waals surface area contributed by atoms with Gasteiger partial charge in [0, 0.05) is 31.5 Å². The molecule has 1 amide bonds. The average Bonchev–Trinajstić information content (AvgIpc) is 3.12. The van der Waals surface area contributed by atoms with Gasteiger partial charge in [0.15, 0.2) is 0 Å². The number of piperidine rings is 1. The molecule has 1 saturated heterocycles. The third-order valence-corrected chi connectivity index (χ3v) is 6.05. The van der Waals surface area contributed by atoms with Gasteiger partial charge in [0.05, 0.1) is 17.1 Å². The van der Waals surface area contributed by atoms with E-state index in [1.807, 2.05) is 29.2 Å². The van der Waals surface area contributed by atoms with Crippen LogP contribution in [0.4, 0.5) is 0 Å². The van der Waals surface area contributed by atoms with Gasteiger partial charge in [0.25, 0.3) is 0 Å². The van der Waals surface area contributed by atoms with E-state index >= 15 is 0 Å². The van der Waals surface area contributed by atoms with Gasteiger partial charge in [-0.2, -0.15) is 0 Å². The number of nitrogens with zero attached hydrogens (tertiary/aromatic N) is 2. The Morgan fingerprint density at radius 1 is 1.28 bits per heavy atom. The van der Waals surface area contributed by atoms with Crippen LogP contribution in [0.15, 0.2) is 29.1 Å². The minimum atomic E-state index is -0.278. The number of carbonyl (C=O) groups is 1. The van der Waals surface area contributed by atoms with Crippen LogP contribution in [0.3, 0.4) is 0 Å². The minimum absolute atomic E-state index is 0.0790. The van der Waals surface area contributed by atoms with Crippen LogP contribution in [0, 0.1) is 5.41 Å². The Labute approximate surface area is 146 Å². The lowest BCUT2D eigenvalue weighted by molar-refractivity contribution is -0.136. The number of amides is 1. The number of aliphatic hydroxyl groups excluding tert-OH is 1. The fourth-order valence-electron chi connectivity index (χ4n) is 4.66. The summed E-state index contributed by atoms with van der Waals surface area (Å²) in [6.45, 7) is 1.81. The van der Waals surface area contributed by atoms with Crippen molar-refractivity contribution in [3.05, 3.63) is 34.7 Å². The van der Waals surface area contributed by atoms with Gasteiger partial charge in [-0.05, 0) is 37.8 Å². The van der Waals surface area contributed by atoms with Crippen LogP contribution in [-0.2, 0) is 11.3 Å². The van der Waals surface area contributed by atoms with Gasteiger partial charge in [0.1, 0.15) is 0 Å². The number of hydrogen-bond donors (Lipinski definition) is 2. The molecule has 2 atom stereocenters. The number of fused-ring (bicyclic) bond motifs is 1. The number of likely N-dealkylation sites (tertiary alicyclic amines) is 1. The maximum atomic E-state index is 12.7. The largest absolute Gasteiger partial charge is 0.392 e. The lowest BCUT2D eigenvalue weighted by Gasteiger charge is -2.42. The Kier molecular flexibility index (Phi) is 4.15. The SMILES string of the molecule is O=C(CCn1c(=O)[nH]c2ccccc21)N1CCC[C@]2(CCC[C@H]2O)C1. The molecule has 1 aromatic carbocycles. The second-order valence-electron chi connectivity index (χ2n) is 7.54. The highest BCUT2D eigenvalue weighted by atomic mass is 16.3. The van der Waals surface area contributed by atoms with E-state index in [1.165, 1.54) is 0 Å². The van der Waals surface area contributed by atoms with E-state index in [0.29, 0.717) is 19.5 Å². The number of para-hydroxylation sites is 2. The van der Waals surface area contributed by atoms with Gasteiger partial charge in [-0.3, -0.25) is 9.36 Å². The van der Waals surface area contributed by atoms with Crippen molar-refractivity contribution in [1.82, 2.24) is 14.5 Å². The number of carbonyl (C=O) groups excluding carboxylic acids is 1. The van der Waals surface area contributed by atoms with Crippen LogP contribution in [0.2, 0.25) is 0 Å². The van der Waals surface area contributed by atoms with Crippen molar-refractivity contribution in [2.45, 2.75) is 51.2 Å². The number of aromatic amines is 1. The number of rotatable bonds is 3. The quantitative estimate of drug-likeness (QED) is 0.893. The van der Waals surface area contributed by atoms with Gasteiger partial charge in [-0.15, -0.1) is 0 Å². The van der Waals surface area contributed by atoms with Gasteiger partial charge in [0.2, 0.25) is 5.91 Å². The van der Waals surface area contributed by atoms with E-state index in [4.69, 9.17) is 0 Å². The lowest BCUT2D eigenvalue weighted by Crippen LogP contribution is -2.49. The summed E-state index contributed by atoms with van der Waals surface area (Å²) in [4.78, 5) is 29.6. The van der Waals surface area contributed by atoms with Crippen molar-refractivity contribution in [3.8, 4) is 0 Å². The predicted octanol–water partition coefficient (Wildman–Crippen LogP) is 1.87. The molecule has 2 fully saturated rings. The van der Waals surface area contributed by atoms with Crippen LogP contribution < -0.4 is 5.69 Å². The van der Waals surface area contributed by atoms with Gasteiger partial charge in [-0.25, -0.2) is 4.79 Å². The molecule has 1 saturated carbocycles. The maximum absolute atomic E-state index is 12.7. The first-order valence-corrected chi connectivity index (χ1v) is 9.22. The lowest BCUT2D eigenvalue weighted by atomic mass is 9.76. The molecule has 2 N–H and O–H groups in total. The second-order valence-corrected chi connectivity index (χ2v) is 7.54. The Bertz CT molecular complexity index is 840. The van der Waals surface area contributed by atoms with Crippen molar-refractivity contribution >= 4 is 16.9 Å². The van der Waals surface area contributed by atoms with Crippen molar-refractivity contribution in [2.75, 3.05) is 13.1 Å². The molecular weight excluding hydrogens is 318 g/mol. The van der Waals surface area contributed by atoms with Crippen molar-refractivity contribution in [2.24, 2.45) is 5.41 Å². The molecule has 6 heteroatoms. The molecule has 4 rings (SSSR count). The number of aliphatic hydroxyl groups is 1. The van der Waals surface area contributed by atoms with Crippen LogP contribution in [0.5, 0.6) is 0 Å². The summed E-state index contributed by atoms with van der Waals surface area (Å²) in [7, 11) is 0. The number of H-pyrrole nitrogens is 1. The number of imidazole rings is 1. The van der Waals surface area contributed by atoms with Crippen LogP contribution in [0.1, 0.15) is 38.5 Å². The summed E-state index contributed by atoms with van der Waals surface area (Å²) in [5, 5.41) is 10.4. The molecular formula is C19H25N3O3. The third-order valence-electron chi connectivity index (χ3n) is 6.05. The molecule has 1 spiro atoms.